The molecule has 122 valence electrons. The van der Waals surface area contributed by atoms with Crippen molar-refractivity contribution in [1.29, 1.82) is 0 Å². The highest BCUT2D eigenvalue weighted by molar-refractivity contribution is 6.39. The van der Waals surface area contributed by atoms with E-state index < -0.39 is 0 Å². The first-order valence-corrected chi connectivity index (χ1v) is 7.54. The molecule has 2 atom stereocenters. The SMILES string of the molecule is O=C1CCC(C(=O)N[C@@H]2COCC[C@H]2Oc2ccccn2)=NN1. The first-order valence-electron chi connectivity index (χ1n) is 7.54. The highest BCUT2D eigenvalue weighted by atomic mass is 16.5. The Balaban J connectivity index is 1.62. The number of rotatable bonds is 4. The molecule has 2 N–H and O–H groups in total. The standard InChI is InChI=1S/C15H18N4O4/c20-13-5-4-10(18-19-13)15(21)17-11-9-22-8-6-12(11)23-14-3-1-2-7-16-14/h1-3,7,11-12H,4-6,8-9H2,(H,17,21)(H,19,20)/t11-,12-/m1/s1. The number of hydrogen-bond acceptors (Lipinski definition) is 6. The molecule has 1 saturated heterocycles. The van der Waals surface area contributed by atoms with Crippen molar-refractivity contribution in [1.82, 2.24) is 15.7 Å². The van der Waals surface area contributed by atoms with Crippen molar-refractivity contribution in [2.75, 3.05) is 13.2 Å². The maximum Gasteiger partial charge on any atom is 0.267 e. The molecule has 8 nitrogen and oxygen atoms in total. The molecule has 0 aromatic carbocycles. The third kappa shape index (κ3) is 4.04. The van der Waals surface area contributed by atoms with Crippen LogP contribution in [0.4, 0.5) is 0 Å². The monoisotopic (exact) mass is 318 g/mol. The number of amides is 2. The largest absolute Gasteiger partial charge is 0.472 e. The van der Waals surface area contributed by atoms with Gasteiger partial charge in [-0.2, -0.15) is 5.10 Å². The summed E-state index contributed by atoms with van der Waals surface area (Å²) in [6.45, 7) is 0.934. The lowest BCUT2D eigenvalue weighted by Gasteiger charge is -2.32. The second-order valence-electron chi connectivity index (χ2n) is 5.36. The smallest absolute Gasteiger partial charge is 0.267 e. The van der Waals surface area contributed by atoms with E-state index in [0.29, 0.717) is 37.6 Å². The molecule has 2 aliphatic heterocycles. The van der Waals surface area contributed by atoms with Gasteiger partial charge in [-0.25, -0.2) is 10.4 Å². The van der Waals surface area contributed by atoms with Gasteiger partial charge in [0.15, 0.2) is 0 Å². The second kappa shape index (κ2) is 7.19. The van der Waals surface area contributed by atoms with Crippen molar-refractivity contribution in [2.24, 2.45) is 5.10 Å². The zero-order valence-corrected chi connectivity index (χ0v) is 12.5. The minimum absolute atomic E-state index is 0.182. The lowest BCUT2D eigenvalue weighted by Crippen LogP contribution is -2.53. The number of pyridine rings is 1. The number of ether oxygens (including phenoxy) is 2. The molecule has 8 heteroatoms. The predicted molar refractivity (Wildman–Crippen MR) is 80.8 cm³/mol. The molecule has 3 rings (SSSR count). The highest BCUT2D eigenvalue weighted by Gasteiger charge is 2.31. The van der Waals surface area contributed by atoms with Gasteiger partial charge in [0.05, 0.1) is 19.3 Å². The molecule has 0 radical (unpaired) electrons. The molecule has 0 unspecified atom stereocenters. The Morgan fingerprint density at radius 2 is 2.30 bits per heavy atom. The number of aromatic nitrogens is 1. The summed E-state index contributed by atoms with van der Waals surface area (Å²) in [6.07, 6.45) is 2.69. The van der Waals surface area contributed by atoms with E-state index in [4.69, 9.17) is 9.47 Å². The van der Waals surface area contributed by atoms with Crippen LogP contribution in [-0.4, -0.2) is 47.9 Å². The van der Waals surface area contributed by atoms with Crippen LogP contribution in [0, 0.1) is 0 Å². The summed E-state index contributed by atoms with van der Waals surface area (Å²) >= 11 is 0. The van der Waals surface area contributed by atoms with Crippen molar-refractivity contribution in [3.63, 3.8) is 0 Å². The third-order valence-electron chi connectivity index (χ3n) is 3.69. The maximum absolute atomic E-state index is 12.3. The van der Waals surface area contributed by atoms with E-state index in [-0.39, 0.29) is 30.4 Å². The zero-order valence-electron chi connectivity index (χ0n) is 12.5. The van der Waals surface area contributed by atoms with E-state index in [1.54, 1.807) is 12.3 Å². The number of nitrogens with zero attached hydrogens (tertiary/aromatic N) is 2. The summed E-state index contributed by atoms with van der Waals surface area (Å²) in [5, 5.41) is 6.67. The van der Waals surface area contributed by atoms with Crippen LogP contribution in [-0.2, 0) is 14.3 Å². The second-order valence-corrected chi connectivity index (χ2v) is 5.36. The quantitative estimate of drug-likeness (QED) is 0.813. The third-order valence-corrected chi connectivity index (χ3v) is 3.69. The van der Waals surface area contributed by atoms with Gasteiger partial charge in [0.2, 0.25) is 11.8 Å². The summed E-state index contributed by atoms with van der Waals surface area (Å²) in [5.74, 6) is 0.0231. The Kier molecular flexibility index (Phi) is 4.82. The number of carbonyl (C=O) groups is 2. The summed E-state index contributed by atoms with van der Waals surface area (Å²) in [6, 6.07) is 5.13. The first kappa shape index (κ1) is 15.4. The van der Waals surface area contributed by atoms with Crippen LogP contribution >= 0.6 is 0 Å². The molecule has 2 aliphatic rings. The van der Waals surface area contributed by atoms with Crippen molar-refractivity contribution in [3.05, 3.63) is 24.4 Å². The molecule has 0 saturated carbocycles. The van der Waals surface area contributed by atoms with Crippen molar-refractivity contribution in [2.45, 2.75) is 31.4 Å². The average molecular weight is 318 g/mol. The lowest BCUT2D eigenvalue weighted by molar-refractivity contribution is -0.121. The number of nitrogens with one attached hydrogen (secondary N) is 2. The van der Waals surface area contributed by atoms with Crippen LogP contribution in [0.1, 0.15) is 19.3 Å². The van der Waals surface area contributed by atoms with E-state index in [9.17, 15) is 9.59 Å². The fraction of sp³-hybridized carbons (Fsp3) is 0.467. The summed E-state index contributed by atoms with van der Waals surface area (Å²) in [4.78, 5) is 27.5. The molecule has 0 bridgehead atoms. The van der Waals surface area contributed by atoms with Gasteiger partial charge in [-0.1, -0.05) is 6.07 Å². The number of hydrazone groups is 1. The molecule has 23 heavy (non-hydrogen) atoms. The fourth-order valence-corrected chi connectivity index (χ4v) is 2.46. The van der Waals surface area contributed by atoms with Gasteiger partial charge in [-0.05, 0) is 6.07 Å². The van der Waals surface area contributed by atoms with Gasteiger partial charge in [-0.15, -0.1) is 0 Å². The van der Waals surface area contributed by atoms with Crippen molar-refractivity contribution >= 4 is 17.5 Å². The van der Waals surface area contributed by atoms with E-state index in [2.05, 4.69) is 20.8 Å². The summed E-state index contributed by atoms with van der Waals surface area (Å²) in [5.41, 5.74) is 2.63. The Bertz CT molecular complexity index is 605. The Hall–Kier alpha value is -2.48. The van der Waals surface area contributed by atoms with Crippen molar-refractivity contribution < 1.29 is 19.1 Å². The lowest BCUT2D eigenvalue weighted by atomic mass is 10.1. The van der Waals surface area contributed by atoms with Gasteiger partial charge < -0.3 is 14.8 Å². The van der Waals surface area contributed by atoms with E-state index in [0.717, 1.165) is 0 Å². The molecule has 0 spiro atoms. The molecule has 1 aromatic heterocycles. The minimum Gasteiger partial charge on any atom is -0.472 e. The van der Waals surface area contributed by atoms with Crippen LogP contribution in [0.15, 0.2) is 29.5 Å². The highest BCUT2D eigenvalue weighted by Crippen LogP contribution is 2.16. The fourth-order valence-electron chi connectivity index (χ4n) is 2.46. The van der Waals surface area contributed by atoms with Crippen LogP contribution in [0.25, 0.3) is 0 Å². The van der Waals surface area contributed by atoms with Gasteiger partial charge in [0.25, 0.3) is 5.91 Å². The molecule has 1 fully saturated rings. The Morgan fingerprint density at radius 3 is 3.04 bits per heavy atom. The first-order chi connectivity index (χ1) is 11.2. The number of carbonyl (C=O) groups excluding carboxylic acids is 2. The van der Waals surface area contributed by atoms with E-state index >= 15 is 0 Å². The average Bonchev–Trinajstić information content (AvgIpc) is 2.58. The van der Waals surface area contributed by atoms with Crippen molar-refractivity contribution in [3.8, 4) is 5.88 Å². The van der Waals surface area contributed by atoms with E-state index in [1.165, 1.54) is 0 Å². The predicted octanol–water partition coefficient (Wildman–Crippen LogP) is 0.0001000. The molecule has 2 amide bonds. The van der Waals surface area contributed by atoms with E-state index in [1.807, 2.05) is 12.1 Å². The normalized spacial score (nSPS) is 24.3. The van der Waals surface area contributed by atoms with Gasteiger partial charge in [0, 0.05) is 31.5 Å². The zero-order chi connectivity index (χ0) is 16.1. The Labute approximate surface area is 133 Å². The van der Waals surface area contributed by atoms with Gasteiger partial charge in [0.1, 0.15) is 11.8 Å². The maximum atomic E-state index is 12.3. The van der Waals surface area contributed by atoms with Crippen LogP contribution in [0.3, 0.4) is 0 Å². The number of hydrogen-bond donors (Lipinski definition) is 2. The Morgan fingerprint density at radius 1 is 1.39 bits per heavy atom. The van der Waals surface area contributed by atoms with Gasteiger partial charge in [-0.3, -0.25) is 9.59 Å². The molecular weight excluding hydrogens is 300 g/mol. The minimum atomic E-state index is -0.310. The van der Waals surface area contributed by atoms with Crippen LogP contribution in [0.2, 0.25) is 0 Å². The van der Waals surface area contributed by atoms with Crippen LogP contribution in [0.5, 0.6) is 5.88 Å². The van der Waals surface area contributed by atoms with Gasteiger partial charge >= 0.3 is 0 Å². The molecular formula is C15H18N4O4. The summed E-state index contributed by atoms with van der Waals surface area (Å²) < 4.78 is 11.3. The molecule has 1 aromatic rings. The topological polar surface area (TPSA) is 102 Å². The molecule has 3 heterocycles. The van der Waals surface area contributed by atoms with Crippen LogP contribution < -0.4 is 15.5 Å². The molecule has 0 aliphatic carbocycles. The summed E-state index contributed by atoms with van der Waals surface area (Å²) in [7, 11) is 0.